The molecule has 0 heterocycles. The van der Waals surface area contributed by atoms with E-state index in [1.807, 2.05) is 0 Å². The van der Waals surface area contributed by atoms with Gasteiger partial charge in [-0.15, -0.1) is 0 Å². The number of esters is 1. The molecule has 2 aromatic carbocycles. The molecular weight excluding hydrogens is 383 g/mol. The van der Waals surface area contributed by atoms with Crippen LogP contribution in [0.25, 0.3) is 0 Å². The lowest BCUT2D eigenvalue weighted by Crippen LogP contribution is -2.30. The number of rotatable bonds is 6. The fraction of sp³-hybridized carbons (Fsp3) is 0.176. The zero-order valence-electron chi connectivity index (χ0n) is 13.6. The van der Waals surface area contributed by atoms with Crippen molar-refractivity contribution in [3.8, 4) is 0 Å². The van der Waals surface area contributed by atoms with Crippen LogP contribution in [0.1, 0.15) is 12.5 Å². The summed E-state index contributed by atoms with van der Waals surface area (Å²) in [5, 5.41) is 14.0. The number of carbonyl (C=O) groups excluding carboxylic acids is 2. The molecule has 0 spiro atoms. The van der Waals surface area contributed by atoms with Gasteiger partial charge in [0.15, 0.2) is 6.10 Å². The number of carbonyl (C=O) groups is 2. The molecule has 0 unspecified atom stereocenters. The molecule has 1 amide bonds. The van der Waals surface area contributed by atoms with Crippen LogP contribution in [0.15, 0.2) is 42.5 Å². The van der Waals surface area contributed by atoms with E-state index in [1.54, 1.807) is 18.2 Å². The first-order chi connectivity index (χ1) is 12.3. The molecule has 7 nitrogen and oxygen atoms in total. The number of nitrogens with one attached hydrogen (secondary N) is 1. The smallest absolute Gasteiger partial charge is 0.311 e. The van der Waals surface area contributed by atoms with E-state index >= 15 is 0 Å². The highest BCUT2D eigenvalue weighted by atomic mass is 35.5. The predicted octanol–water partition coefficient (Wildman–Crippen LogP) is 4.01. The Hall–Kier alpha value is -2.64. The first-order valence-electron chi connectivity index (χ1n) is 7.45. The average Bonchev–Trinajstić information content (AvgIpc) is 2.58. The summed E-state index contributed by atoms with van der Waals surface area (Å²) in [6.45, 7) is 1.37. The van der Waals surface area contributed by atoms with Crippen molar-refractivity contribution in [1.29, 1.82) is 0 Å². The molecule has 136 valence electrons. The molecule has 1 N–H and O–H groups in total. The van der Waals surface area contributed by atoms with Crippen LogP contribution in [-0.4, -0.2) is 22.9 Å². The van der Waals surface area contributed by atoms with Gasteiger partial charge in [0.1, 0.15) is 5.69 Å². The molecule has 0 saturated heterocycles. The number of nitro groups is 1. The SMILES string of the molecule is C[C@@H](OC(=O)Cc1ccc(Cl)c(Cl)c1)C(=O)Nc1ccccc1[N+](=O)[O-]. The lowest BCUT2D eigenvalue weighted by Gasteiger charge is -2.13. The predicted molar refractivity (Wildman–Crippen MR) is 97.4 cm³/mol. The van der Waals surface area contributed by atoms with Crippen molar-refractivity contribution in [2.75, 3.05) is 5.32 Å². The van der Waals surface area contributed by atoms with Crippen molar-refractivity contribution in [2.24, 2.45) is 0 Å². The van der Waals surface area contributed by atoms with Crippen LogP contribution in [0.2, 0.25) is 10.0 Å². The molecular formula is C17H14Cl2N2O5. The Morgan fingerprint density at radius 1 is 1.19 bits per heavy atom. The monoisotopic (exact) mass is 396 g/mol. The Kier molecular flexibility index (Phi) is 6.54. The Balaban J connectivity index is 1.97. The van der Waals surface area contributed by atoms with Gasteiger partial charge in [0.05, 0.1) is 21.4 Å². The van der Waals surface area contributed by atoms with E-state index in [9.17, 15) is 19.7 Å². The zero-order chi connectivity index (χ0) is 19.3. The second-order valence-electron chi connectivity index (χ2n) is 5.32. The van der Waals surface area contributed by atoms with Gasteiger partial charge >= 0.3 is 5.97 Å². The number of benzene rings is 2. The molecule has 26 heavy (non-hydrogen) atoms. The molecule has 0 aliphatic heterocycles. The van der Waals surface area contributed by atoms with Crippen molar-refractivity contribution >= 4 is 46.5 Å². The summed E-state index contributed by atoms with van der Waals surface area (Å²) in [6, 6.07) is 10.4. The maximum Gasteiger partial charge on any atom is 0.311 e. The fourth-order valence-corrected chi connectivity index (χ4v) is 2.40. The van der Waals surface area contributed by atoms with Crippen molar-refractivity contribution in [2.45, 2.75) is 19.4 Å². The molecule has 0 aliphatic rings. The first kappa shape index (κ1) is 19.7. The fourth-order valence-electron chi connectivity index (χ4n) is 2.08. The second kappa shape index (κ2) is 8.64. The summed E-state index contributed by atoms with van der Waals surface area (Å²) in [5.74, 6) is -1.32. The molecule has 2 aromatic rings. The number of para-hydroxylation sites is 2. The van der Waals surface area contributed by atoms with Crippen LogP contribution in [0, 0.1) is 10.1 Å². The minimum Gasteiger partial charge on any atom is -0.452 e. The van der Waals surface area contributed by atoms with Gasteiger partial charge in [-0.2, -0.15) is 0 Å². The maximum absolute atomic E-state index is 12.1. The van der Waals surface area contributed by atoms with Gasteiger partial charge in [0, 0.05) is 6.07 Å². The lowest BCUT2D eigenvalue weighted by molar-refractivity contribution is -0.383. The van der Waals surface area contributed by atoms with E-state index in [0.29, 0.717) is 15.6 Å². The Morgan fingerprint density at radius 2 is 1.88 bits per heavy atom. The summed E-state index contributed by atoms with van der Waals surface area (Å²) in [4.78, 5) is 34.4. The van der Waals surface area contributed by atoms with E-state index in [-0.39, 0.29) is 17.8 Å². The van der Waals surface area contributed by atoms with Gasteiger partial charge in [-0.25, -0.2) is 0 Å². The maximum atomic E-state index is 12.1. The number of hydrogen-bond acceptors (Lipinski definition) is 5. The number of nitrogens with zero attached hydrogens (tertiary/aromatic N) is 1. The van der Waals surface area contributed by atoms with Gasteiger partial charge < -0.3 is 10.1 Å². The van der Waals surface area contributed by atoms with Crippen molar-refractivity contribution in [1.82, 2.24) is 0 Å². The summed E-state index contributed by atoms with van der Waals surface area (Å²) in [6.07, 6.45) is -1.23. The van der Waals surface area contributed by atoms with E-state index in [0.717, 1.165) is 0 Å². The molecule has 0 fully saturated rings. The Bertz CT molecular complexity index is 857. The standard InChI is InChI=1S/C17H14Cl2N2O5/c1-10(17(23)20-14-4-2-3-5-15(14)21(24)25)26-16(22)9-11-6-7-12(18)13(19)8-11/h2-8,10H,9H2,1H3,(H,20,23)/t10-/m1/s1. The van der Waals surface area contributed by atoms with Gasteiger partial charge in [-0.3, -0.25) is 19.7 Å². The number of amides is 1. The van der Waals surface area contributed by atoms with Gasteiger partial charge in [-0.1, -0.05) is 41.4 Å². The molecule has 0 saturated carbocycles. The van der Waals surface area contributed by atoms with Crippen LogP contribution in [0.4, 0.5) is 11.4 Å². The third-order valence-electron chi connectivity index (χ3n) is 3.37. The number of ether oxygens (including phenoxy) is 1. The number of nitro benzene ring substituents is 1. The third kappa shape index (κ3) is 5.18. The Labute approximate surface area is 159 Å². The summed E-state index contributed by atoms with van der Waals surface area (Å²) in [5.41, 5.74) is 0.348. The molecule has 0 aliphatic carbocycles. The van der Waals surface area contributed by atoms with Gasteiger partial charge in [-0.05, 0) is 30.7 Å². The summed E-state index contributed by atoms with van der Waals surface area (Å²) in [7, 11) is 0. The number of halogens is 2. The van der Waals surface area contributed by atoms with Crippen molar-refractivity contribution < 1.29 is 19.2 Å². The van der Waals surface area contributed by atoms with Crippen LogP contribution < -0.4 is 5.32 Å². The second-order valence-corrected chi connectivity index (χ2v) is 6.14. The van der Waals surface area contributed by atoms with E-state index < -0.39 is 22.9 Å². The number of anilines is 1. The van der Waals surface area contributed by atoms with Crippen molar-refractivity contribution in [3.63, 3.8) is 0 Å². The third-order valence-corrected chi connectivity index (χ3v) is 4.11. The molecule has 1 atom stereocenters. The average molecular weight is 397 g/mol. The topological polar surface area (TPSA) is 98.5 Å². The van der Waals surface area contributed by atoms with Crippen LogP contribution >= 0.6 is 23.2 Å². The van der Waals surface area contributed by atoms with Crippen LogP contribution in [0.5, 0.6) is 0 Å². The molecule has 9 heteroatoms. The number of hydrogen-bond donors (Lipinski definition) is 1. The van der Waals surface area contributed by atoms with E-state index in [1.165, 1.54) is 31.2 Å². The highest BCUT2D eigenvalue weighted by Gasteiger charge is 2.21. The minimum absolute atomic E-state index is 0.0230. The summed E-state index contributed by atoms with van der Waals surface area (Å²) < 4.78 is 5.06. The van der Waals surface area contributed by atoms with Crippen LogP contribution in [0.3, 0.4) is 0 Å². The summed E-state index contributed by atoms with van der Waals surface area (Å²) >= 11 is 11.7. The van der Waals surface area contributed by atoms with Gasteiger partial charge in [0.2, 0.25) is 0 Å². The van der Waals surface area contributed by atoms with Gasteiger partial charge in [0.25, 0.3) is 11.6 Å². The highest BCUT2D eigenvalue weighted by Crippen LogP contribution is 2.24. The van der Waals surface area contributed by atoms with Crippen molar-refractivity contribution in [3.05, 3.63) is 68.2 Å². The molecule has 0 radical (unpaired) electrons. The molecule has 2 rings (SSSR count). The quantitative estimate of drug-likeness (QED) is 0.451. The minimum atomic E-state index is -1.13. The zero-order valence-corrected chi connectivity index (χ0v) is 15.1. The lowest BCUT2D eigenvalue weighted by atomic mass is 10.1. The first-order valence-corrected chi connectivity index (χ1v) is 8.21. The normalized spacial score (nSPS) is 11.5. The van der Waals surface area contributed by atoms with Crippen LogP contribution in [-0.2, 0) is 20.7 Å². The molecule has 0 bridgehead atoms. The van der Waals surface area contributed by atoms with E-state index in [4.69, 9.17) is 27.9 Å². The largest absolute Gasteiger partial charge is 0.452 e. The highest BCUT2D eigenvalue weighted by molar-refractivity contribution is 6.42. The Morgan fingerprint density at radius 3 is 2.54 bits per heavy atom. The van der Waals surface area contributed by atoms with E-state index in [2.05, 4.69) is 5.32 Å². The molecule has 0 aromatic heterocycles.